The summed E-state index contributed by atoms with van der Waals surface area (Å²) in [5, 5.41) is 13.2. The van der Waals surface area contributed by atoms with Crippen LogP contribution in [0.25, 0.3) is 5.78 Å². The Morgan fingerprint density at radius 3 is 2.48 bits per heavy atom. The van der Waals surface area contributed by atoms with Crippen molar-refractivity contribution in [2.45, 2.75) is 50.5 Å². The highest BCUT2D eigenvalue weighted by molar-refractivity contribution is 7.93. The molecule has 2 fully saturated rings. The van der Waals surface area contributed by atoms with Crippen molar-refractivity contribution in [1.82, 2.24) is 28.5 Å². The van der Waals surface area contributed by atoms with E-state index in [1.54, 1.807) is 4.90 Å². The molecule has 2 aliphatic heterocycles. The van der Waals surface area contributed by atoms with E-state index in [-0.39, 0.29) is 60.5 Å². The molecule has 2 atom stereocenters. The van der Waals surface area contributed by atoms with Crippen molar-refractivity contribution >= 4 is 43.5 Å². The van der Waals surface area contributed by atoms with Crippen LogP contribution >= 0.6 is 0 Å². The zero-order valence-corrected chi connectivity index (χ0v) is 27.1. The zero-order chi connectivity index (χ0) is 33.7. The number of rotatable bonds is 8. The van der Waals surface area contributed by atoms with Crippen LogP contribution in [-0.4, -0.2) is 109 Å². The van der Waals surface area contributed by atoms with Crippen LogP contribution in [0.3, 0.4) is 0 Å². The number of carbonyl (C=O) groups is 2. The standard InChI is InChI=1S/C27H34FN7O9S2/c1-16-12-32(13-17(2)44-16)22(36)15-33-14-21(34-8-5-9-45(34,40)41)35-26(39)24(37)23(30-27(33)35)25(38)29-11-18-6-7-19(28)10-20(18)46(42,43)31(3)4/h6-7,10,14,16-17,37H,5,8-9,11-13,15H2,1-4H3,(H,29,38)/t16-,17-/m1/s1. The second-order valence-electron chi connectivity index (χ2n) is 11.4. The third-order valence-electron chi connectivity index (χ3n) is 7.67. The van der Waals surface area contributed by atoms with Gasteiger partial charge in [-0.15, -0.1) is 0 Å². The van der Waals surface area contributed by atoms with Gasteiger partial charge in [-0.25, -0.2) is 34.9 Å². The molecule has 16 nitrogen and oxygen atoms in total. The molecule has 46 heavy (non-hydrogen) atoms. The quantitative estimate of drug-likeness (QED) is 0.319. The number of hydrogen-bond acceptors (Lipinski definition) is 10. The summed E-state index contributed by atoms with van der Waals surface area (Å²) in [4.78, 5) is 45.5. The Balaban J connectivity index is 1.54. The first-order valence-corrected chi connectivity index (χ1v) is 17.3. The number of fused-ring (bicyclic) bond motifs is 1. The normalized spacial score (nSPS) is 20.0. The van der Waals surface area contributed by atoms with Gasteiger partial charge in [-0.05, 0) is 38.0 Å². The lowest BCUT2D eigenvalue weighted by Gasteiger charge is -2.35. The van der Waals surface area contributed by atoms with Crippen molar-refractivity contribution in [2.24, 2.45) is 0 Å². The highest BCUT2D eigenvalue weighted by Gasteiger charge is 2.34. The van der Waals surface area contributed by atoms with Crippen LogP contribution in [0.5, 0.6) is 5.75 Å². The Bertz CT molecular complexity index is 1980. The number of amides is 2. The molecule has 2 aromatic heterocycles. The number of imidazole rings is 1. The van der Waals surface area contributed by atoms with Gasteiger partial charge in [0.1, 0.15) is 18.2 Å². The number of sulfonamides is 2. The van der Waals surface area contributed by atoms with Gasteiger partial charge in [0.05, 0.1) is 29.1 Å². The molecular weight excluding hydrogens is 649 g/mol. The monoisotopic (exact) mass is 683 g/mol. The van der Waals surface area contributed by atoms with Crippen LogP contribution in [0.2, 0.25) is 0 Å². The number of ether oxygens (including phenoxy) is 1. The zero-order valence-electron chi connectivity index (χ0n) is 25.5. The second-order valence-corrected chi connectivity index (χ2v) is 15.5. The highest BCUT2D eigenvalue weighted by atomic mass is 32.2. The molecule has 5 rings (SSSR count). The number of morpholine rings is 1. The number of anilines is 1. The number of nitrogens with one attached hydrogen (secondary N) is 1. The van der Waals surface area contributed by atoms with Gasteiger partial charge in [0.15, 0.2) is 5.69 Å². The first-order chi connectivity index (χ1) is 21.5. The summed E-state index contributed by atoms with van der Waals surface area (Å²) in [5.41, 5.74) is -1.89. The Morgan fingerprint density at radius 1 is 1.20 bits per heavy atom. The summed E-state index contributed by atoms with van der Waals surface area (Å²) in [6, 6.07) is 2.99. The van der Waals surface area contributed by atoms with E-state index in [0.717, 1.165) is 25.1 Å². The molecule has 0 bridgehead atoms. The third-order valence-corrected chi connectivity index (χ3v) is 11.4. The number of aromatic hydroxyl groups is 1. The smallest absolute Gasteiger partial charge is 0.303 e. The molecule has 0 spiro atoms. The molecule has 19 heteroatoms. The van der Waals surface area contributed by atoms with E-state index in [2.05, 4.69) is 10.3 Å². The summed E-state index contributed by atoms with van der Waals surface area (Å²) in [6.07, 6.45) is 1.07. The molecule has 0 radical (unpaired) electrons. The van der Waals surface area contributed by atoms with Gasteiger partial charge >= 0.3 is 5.56 Å². The molecule has 4 heterocycles. The summed E-state index contributed by atoms with van der Waals surface area (Å²) >= 11 is 0. The first-order valence-electron chi connectivity index (χ1n) is 14.3. The molecule has 0 saturated carbocycles. The van der Waals surface area contributed by atoms with E-state index in [9.17, 15) is 40.7 Å². The molecule has 250 valence electrons. The highest BCUT2D eigenvalue weighted by Crippen LogP contribution is 2.27. The van der Waals surface area contributed by atoms with E-state index in [1.165, 1.54) is 30.9 Å². The van der Waals surface area contributed by atoms with Gasteiger partial charge < -0.3 is 24.6 Å². The van der Waals surface area contributed by atoms with Crippen molar-refractivity contribution in [3.05, 3.63) is 51.8 Å². The molecule has 2 saturated heterocycles. The van der Waals surface area contributed by atoms with Gasteiger partial charge in [0, 0.05) is 40.3 Å². The molecular formula is C27H34FN7O9S2. The van der Waals surface area contributed by atoms with E-state index in [0.29, 0.717) is 13.1 Å². The topological polar surface area (TPSA) is 193 Å². The Kier molecular flexibility index (Phi) is 8.88. The molecule has 2 amide bonds. The fourth-order valence-electron chi connectivity index (χ4n) is 5.50. The predicted molar refractivity (Wildman–Crippen MR) is 162 cm³/mol. The lowest BCUT2D eigenvalue weighted by Crippen LogP contribution is -2.49. The molecule has 0 unspecified atom stereocenters. The van der Waals surface area contributed by atoms with Crippen LogP contribution in [0.15, 0.2) is 34.1 Å². The summed E-state index contributed by atoms with van der Waals surface area (Å²) < 4.78 is 74.7. The van der Waals surface area contributed by atoms with Crippen LogP contribution in [0.1, 0.15) is 36.3 Å². The van der Waals surface area contributed by atoms with Gasteiger partial charge in [-0.3, -0.25) is 18.7 Å². The van der Waals surface area contributed by atoms with E-state index < -0.39 is 60.2 Å². The van der Waals surface area contributed by atoms with Crippen LogP contribution in [0, 0.1) is 5.82 Å². The third kappa shape index (κ3) is 6.18. The number of halogens is 1. The average Bonchev–Trinajstić information content (AvgIpc) is 3.51. The van der Waals surface area contributed by atoms with Crippen molar-refractivity contribution < 1.29 is 40.7 Å². The van der Waals surface area contributed by atoms with E-state index in [1.807, 2.05) is 13.8 Å². The fraction of sp³-hybridized carbons (Fsp3) is 0.481. The van der Waals surface area contributed by atoms with Gasteiger partial charge in [0.25, 0.3) is 5.91 Å². The molecule has 1 aromatic carbocycles. The maximum atomic E-state index is 14.0. The molecule has 3 aromatic rings. The summed E-state index contributed by atoms with van der Waals surface area (Å²) in [6.45, 7) is 3.44. The average molecular weight is 684 g/mol. The number of nitrogens with zero attached hydrogens (tertiary/aromatic N) is 6. The van der Waals surface area contributed by atoms with Gasteiger partial charge in [-0.2, -0.15) is 0 Å². The Morgan fingerprint density at radius 2 is 1.87 bits per heavy atom. The van der Waals surface area contributed by atoms with Crippen LogP contribution < -0.4 is 15.2 Å². The number of hydrogen-bond donors (Lipinski definition) is 2. The van der Waals surface area contributed by atoms with Crippen LogP contribution in [-0.2, 0) is 42.7 Å². The van der Waals surface area contributed by atoms with Crippen molar-refractivity contribution in [2.75, 3.05) is 43.8 Å². The maximum Gasteiger partial charge on any atom is 0.303 e. The summed E-state index contributed by atoms with van der Waals surface area (Å²) in [7, 11) is -5.42. The largest absolute Gasteiger partial charge is 0.501 e. The van der Waals surface area contributed by atoms with Crippen molar-refractivity contribution in [3.8, 4) is 5.75 Å². The lowest BCUT2D eigenvalue weighted by molar-refractivity contribution is -0.143. The van der Waals surface area contributed by atoms with E-state index in [4.69, 9.17) is 4.74 Å². The number of aromatic nitrogens is 3. The van der Waals surface area contributed by atoms with Crippen molar-refractivity contribution in [1.29, 1.82) is 0 Å². The molecule has 0 aliphatic carbocycles. The van der Waals surface area contributed by atoms with Gasteiger partial charge in [0.2, 0.25) is 37.5 Å². The number of carbonyl (C=O) groups excluding carboxylic acids is 2. The maximum absolute atomic E-state index is 14.0. The Hall–Kier alpha value is -4.07. The summed E-state index contributed by atoms with van der Waals surface area (Å²) in [5.74, 6) is -4.01. The van der Waals surface area contributed by atoms with Crippen molar-refractivity contribution in [3.63, 3.8) is 0 Å². The minimum atomic E-state index is -4.11. The molecule has 2 N–H and O–H groups in total. The minimum absolute atomic E-state index is 0.0187. The molecule has 2 aliphatic rings. The predicted octanol–water partition coefficient (Wildman–Crippen LogP) is -0.303. The Labute approximate surface area is 264 Å². The first kappa shape index (κ1) is 33.3. The lowest BCUT2D eigenvalue weighted by atomic mass is 10.2. The number of benzene rings is 1. The van der Waals surface area contributed by atoms with E-state index >= 15 is 0 Å². The minimum Gasteiger partial charge on any atom is -0.501 e. The SMILES string of the molecule is C[C@@H]1CN(C(=O)Cn2cc(N3CCCS3(=O)=O)n3c(=O)c(O)c(C(=O)NCc4ccc(F)cc4S(=O)(=O)N(C)C)nc23)C[C@@H](C)O1. The second kappa shape index (κ2) is 12.3. The fourth-order valence-corrected chi connectivity index (χ4v) is 8.16. The van der Waals surface area contributed by atoms with Gasteiger partial charge in [-0.1, -0.05) is 6.07 Å². The van der Waals surface area contributed by atoms with Crippen LogP contribution in [0.4, 0.5) is 10.2 Å².